The number of aromatic nitrogens is 1. The van der Waals surface area contributed by atoms with Gasteiger partial charge in [0.1, 0.15) is 5.76 Å². The number of amides is 1. The molecule has 1 aromatic heterocycles. The zero-order valence-corrected chi connectivity index (χ0v) is 10.8. The molecule has 0 saturated carbocycles. The molecule has 0 bridgehead atoms. The monoisotopic (exact) mass is 267 g/mol. The van der Waals surface area contributed by atoms with Gasteiger partial charge in [0.15, 0.2) is 5.69 Å². The summed E-state index contributed by atoms with van der Waals surface area (Å²) in [6.45, 7) is 4.13. The van der Waals surface area contributed by atoms with Crippen LogP contribution in [0.15, 0.2) is 10.6 Å². The van der Waals surface area contributed by atoms with Gasteiger partial charge in [0.25, 0.3) is 5.91 Å². The third kappa shape index (κ3) is 3.54. The number of carboxylic acid groups (broad SMARTS) is 1. The van der Waals surface area contributed by atoms with Crippen molar-refractivity contribution < 1.29 is 19.2 Å². The Balaban J connectivity index is 1.95. The first-order chi connectivity index (χ1) is 9.06. The maximum atomic E-state index is 12.2. The Morgan fingerprint density at radius 3 is 2.79 bits per heavy atom. The molecule has 0 aromatic carbocycles. The second-order valence-electron chi connectivity index (χ2n) is 4.64. The van der Waals surface area contributed by atoms with E-state index >= 15 is 0 Å². The highest BCUT2D eigenvalue weighted by Gasteiger charge is 2.23. The molecule has 0 spiro atoms. The van der Waals surface area contributed by atoms with Gasteiger partial charge in [-0.05, 0) is 13.3 Å². The Kier molecular flexibility index (Phi) is 4.16. The molecule has 1 N–H and O–H groups in total. The zero-order valence-electron chi connectivity index (χ0n) is 10.8. The Hall–Kier alpha value is -1.89. The lowest BCUT2D eigenvalue weighted by atomic mass is 10.3. The van der Waals surface area contributed by atoms with Gasteiger partial charge in [-0.3, -0.25) is 14.5 Å². The highest BCUT2D eigenvalue weighted by Crippen LogP contribution is 2.09. The molecule has 0 radical (unpaired) electrons. The van der Waals surface area contributed by atoms with Gasteiger partial charge in [0.05, 0.1) is 6.54 Å². The molecule has 7 heteroatoms. The van der Waals surface area contributed by atoms with E-state index in [0.29, 0.717) is 37.6 Å². The number of hydrogen-bond donors (Lipinski definition) is 1. The Labute approximate surface area is 110 Å². The van der Waals surface area contributed by atoms with E-state index in [0.717, 1.165) is 6.42 Å². The lowest BCUT2D eigenvalue weighted by Gasteiger charge is -2.19. The Morgan fingerprint density at radius 1 is 1.37 bits per heavy atom. The zero-order chi connectivity index (χ0) is 13.8. The predicted molar refractivity (Wildman–Crippen MR) is 65.8 cm³/mol. The van der Waals surface area contributed by atoms with Gasteiger partial charge in [-0.2, -0.15) is 0 Å². The van der Waals surface area contributed by atoms with Gasteiger partial charge in [0, 0.05) is 32.2 Å². The van der Waals surface area contributed by atoms with Gasteiger partial charge in [-0.25, -0.2) is 0 Å². The maximum Gasteiger partial charge on any atom is 0.317 e. The summed E-state index contributed by atoms with van der Waals surface area (Å²) in [5, 5.41) is 12.5. The molecule has 1 aliphatic rings. The minimum atomic E-state index is -0.841. The number of rotatable bonds is 3. The third-order valence-corrected chi connectivity index (χ3v) is 3.08. The largest absolute Gasteiger partial charge is 0.480 e. The predicted octanol–water partition coefficient (Wildman–Crippen LogP) is 0.216. The summed E-state index contributed by atoms with van der Waals surface area (Å²) in [6.07, 6.45) is 0.760. The average Bonchev–Trinajstić information content (AvgIpc) is 2.65. The molecule has 7 nitrogen and oxygen atoms in total. The topological polar surface area (TPSA) is 86.9 Å². The minimum absolute atomic E-state index is 0.0189. The molecular weight excluding hydrogens is 250 g/mol. The van der Waals surface area contributed by atoms with E-state index in [1.165, 1.54) is 0 Å². The summed E-state index contributed by atoms with van der Waals surface area (Å²) in [5.41, 5.74) is 0.309. The van der Waals surface area contributed by atoms with Crippen LogP contribution < -0.4 is 0 Å². The summed E-state index contributed by atoms with van der Waals surface area (Å²) < 4.78 is 4.90. The summed E-state index contributed by atoms with van der Waals surface area (Å²) in [6, 6.07) is 1.61. The van der Waals surface area contributed by atoms with Crippen molar-refractivity contribution in [1.29, 1.82) is 0 Å². The van der Waals surface area contributed by atoms with Crippen LogP contribution >= 0.6 is 0 Å². The molecule has 19 heavy (non-hydrogen) atoms. The Bertz CT molecular complexity index is 471. The van der Waals surface area contributed by atoms with Gasteiger partial charge in [-0.15, -0.1) is 0 Å². The first kappa shape index (κ1) is 13.5. The molecule has 0 unspecified atom stereocenters. The third-order valence-electron chi connectivity index (χ3n) is 3.08. The average molecular weight is 267 g/mol. The molecule has 1 fully saturated rings. The second kappa shape index (κ2) is 5.83. The van der Waals surface area contributed by atoms with Crippen LogP contribution in [-0.2, 0) is 4.79 Å². The highest BCUT2D eigenvalue weighted by atomic mass is 16.5. The molecule has 2 heterocycles. The van der Waals surface area contributed by atoms with Crippen LogP contribution in [0.4, 0.5) is 0 Å². The van der Waals surface area contributed by atoms with Crippen LogP contribution in [-0.4, -0.2) is 64.7 Å². The number of aliphatic carboxylic acids is 1. The lowest BCUT2D eigenvalue weighted by Crippen LogP contribution is -2.36. The van der Waals surface area contributed by atoms with Crippen LogP contribution in [0, 0.1) is 6.92 Å². The fourth-order valence-corrected chi connectivity index (χ4v) is 2.15. The first-order valence-corrected chi connectivity index (χ1v) is 6.23. The van der Waals surface area contributed by atoms with E-state index in [-0.39, 0.29) is 12.5 Å². The van der Waals surface area contributed by atoms with Crippen LogP contribution in [0.5, 0.6) is 0 Å². The second-order valence-corrected chi connectivity index (χ2v) is 4.64. The van der Waals surface area contributed by atoms with E-state index in [1.54, 1.807) is 17.9 Å². The van der Waals surface area contributed by atoms with Crippen molar-refractivity contribution in [2.75, 3.05) is 32.7 Å². The lowest BCUT2D eigenvalue weighted by molar-refractivity contribution is -0.138. The smallest absolute Gasteiger partial charge is 0.317 e. The molecule has 1 saturated heterocycles. The van der Waals surface area contributed by atoms with Crippen molar-refractivity contribution in [2.24, 2.45) is 0 Å². The number of carbonyl (C=O) groups excluding carboxylic acids is 1. The Morgan fingerprint density at radius 2 is 2.16 bits per heavy atom. The summed E-state index contributed by atoms with van der Waals surface area (Å²) in [4.78, 5) is 26.4. The first-order valence-electron chi connectivity index (χ1n) is 6.23. The van der Waals surface area contributed by atoms with E-state index < -0.39 is 5.97 Å². The highest BCUT2D eigenvalue weighted by molar-refractivity contribution is 5.92. The van der Waals surface area contributed by atoms with Crippen LogP contribution in [0.25, 0.3) is 0 Å². The number of hydrogen-bond acceptors (Lipinski definition) is 5. The SMILES string of the molecule is Cc1cc(C(=O)N2CCCN(CC(=O)O)CC2)no1. The number of carboxylic acids is 1. The van der Waals surface area contributed by atoms with Crippen LogP contribution in [0.1, 0.15) is 22.7 Å². The molecular formula is C12H17N3O4. The molecule has 2 rings (SSSR count). The van der Waals surface area contributed by atoms with Gasteiger partial charge >= 0.3 is 5.97 Å². The fourth-order valence-electron chi connectivity index (χ4n) is 2.15. The molecule has 0 atom stereocenters. The maximum absolute atomic E-state index is 12.2. The number of nitrogens with zero attached hydrogens (tertiary/aromatic N) is 3. The van der Waals surface area contributed by atoms with Crippen molar-refractivity contribution in [3.63, 3.8) is 0 Å². The van der Waals surface area contributed by atoms with E-state index in [2.05, 4.69) is 5.16 Å². The van der Waals surface area contributed by atoms with Crippen LogP contribution in [0.2, 0.25) is 0 Å². The molecule has 0 aliphatic carbocycles. The van der Waals surface area contributed by atoms with Crippen molar-refractivity contribution >= 4 is 11.9 Å². The summed E-state index contributed by atoms with van der Waals surface area (Å²) in [7, 11) is 0. The van der Waals surface area contributed by atoms with Crippen molar-refractivity contribution in [2.45, 2.75) is 13.3 Å². The summed E-state index contributed by atoms with van der Waals surface area (Å²) in [5.74, 6) is -0.397. The van der Waals surface area contributed by atoms with Crippen LogP contribution in [0.3, 0.4) is 0 Å². The van der Waals surface area contributed by atoms with Gasteiger partial charge in [0.2, 0.25) is 0 Å². The molecule has 1 amide bonds. The van der Waals surface area contributed by atoms with E-state index in [4.69, 9.17) is 9.63 Å². The summed E-state index contributed by atoms with van der Waals surface area (Å²) >= 11 is 0. The van der Waals surface area contributed by atoms with Gasteiger partial charge in [-0.1, -0.05) is 5.16 Å². The normalized spacial score (nSPS) is 17.2. The molecule has 1 aromatic rings. The fraction of sp³-hybridized carbons (Fsp3) is 0.583. The van der Waals surface area contributed by atoms with E-state index in [1.807, 2.05) is 4.90 Å². The van der Waals surface area contributed by atoms with Crippen molar-refractivity contribution in [3.8, 4) is 0 Å². The molecule has 104 valence electrons. The van der Waals surface area contributed by atoms with Crippen molar-refractivity contribution in [3.05, 3.63) is 17.5 Å². The molecule has 1 aliphatic heterocycles. The number of carbonyl (C=O) groups is 2. The standard InChI is InChI=1S/C12H17N3O4/c1-9-7-10(13-19-9)12(18)15-4-2-3-14(5-6-15)8-11(16)17/h7H,2-6,8H2,1H3,(H,16,17). The quantitative estimate of drug-likeness (QED) is 0.842. The van der Waals surface area contributed by atoms with Gasteiger partial charge < -0.3 is 14.5 Å². The number of aryl methyl sites for hydroxylation is 1. The van der Waals surface area contributed by atoms with E-state index in [9.17, 15) is 9.59 Å². The minimum Gasteiger partial charge on any atom is -0.480 e. The van der Waals surface area contributed by atoms with Crippen molar-refractivity contribution in [1.82, 2.24) is 15.0 Å².